The zero-order chi connectivity index (χ0) is 28.1. The summed E-state index contributed by atoms with van der Waals surface area (Å²) in [5.74, 6) is 1.68. The van der Waals surface area contributed by atoms with Gasteiger partial charge in [-0.3, -0.25) is 0 Å². The molecule has 0 saturated heterocycles. The maximum Gasteiger partial charge on any atom is 0.340 e. The summed E-state index contributed by atoms with van der Waals surface area (Å²) in [7, 11) is 0. The molecule has 0 amide bonds. The zero-order valence-electron chi connectivity index (χ0n) is 23.0. The molecule has 2 atom stereocenters. The number of anilines is 1. The molecule has 5 aromatic rings. The minimum absolute atomic E-state index is 0.258. The highest BCUT2D eigenvalue weighted by Crippen LogP contribution is 2.49. The topological polar surface area (TPSA) is 48.0 Å². The Labute approximate surface area is 244 Å². The standard InChI is InChI=1S/C37H29NO4/c39-36-32-13-7-8-14-33(32)37(42-36,29-15-17-34-26(20-29)19-28(23-40-34)25-9-3-1-4-10-25)30-16-18-35-27(21-30)22-38(24-41-35)31-11-5-2-6-12-31/h1-18,20-21,28H,19,22-24H2. The Balaban J connectivity index is 1.24. The summed E-state index contributed by atoms with van der Waals surface area (Å²) < 4.78 is 18.9. The molecule has 8 rings (SSSR count). The van der Waals surface area contributed by atoms with Gasteiger partial charge in [-0.05, 0) is 60.0 Å². The molecule has 5 nitrogen and oxygen atoms in total. The smallest absolute Gasteiger partial charge is 0.340 e. The number of para-hydroxylation sites is 1. The van der Waals surface area contributed by atoms with Gasteiger partial charge in [0.2, 0.25) is 0 Å². The summed E-state index contributed by atoms with van der Waals surface area (Å²) in [6.07, 6.45) is 0.850. The Hall–Kier alpha value is -5.03. The van der Waals surface area contributed by atoms with E-state index in [9.17, 15) is 4.79 Å². The van der Waals surface area contributed by atoms with Gasteiger partial charge in [-0.1, -0.05) is 78.9 Å². The lowest BCUT2D eigenvalue weighted by Gasteiger charge is -2.35. The molecule has 0 aromatic heterocycles. The van der Waals surface area contributed by atoms with Crippen molar-refractivity contribution >= 4 is 11.7 Å². The van der Waals surface area contributed by atoms with Gasteiger partial charge in [0.15, 0.2) is 12.3 Å². The van der Waals surface area contributed by atoms with Gasteiger partial charge in [-0.25, -0.2) is 4.79 Å². The minimum atomic E-state index is -1.09. The van der Waals surface area contributed by atoms with E-state index in [0.717, 1.165) is 51.4 Å². The van der Waals surface area contributed by atoms with Crippen molar-refractivity contribution in [1.29, 1.82) is 0 Å². The highest BCUT2D eigenvalue weighted by molar-refractivity contribution is 5.96. The van der Waals surface area contributed by atoms with Crippen LogP contribution in [0.4, 0.5) is 5.69 Å². The number of carbonyl (C=O) groups excluding carboxylic acids is 1. The van der Waals surface area contributed by atoms with E-state index >= 15 is 0 Å². The zero-order valence-corrected chi connectivity index (χ0v) is 23.0. The van der Waals surface area contributed by atoms with Crippen molar-refractivity contribution in [2.45, 2.75) is 24.5 Å². The van der Waals surface area contributed by atoms with Crippen LogP contribution in [0.25, 0.3) is 0 Å². The van der Waals surface area contributed by atoms with Crippen molar-refractivity contribution in [3.8, 4) is 11.5 Å². The molecule has 0 spiro atoms. The lowest BCUT2D eigenvalue weighted by molar-refractivity contribution is 0.0250. The van der Waals surface area contributed by atoms with Crippen LogP contribution < -0.4 is 14.4 Å². The Bertz CT molecular complexity index is 1700. The van der Waals surface area contributed by atoms with Gasteiger partial charge < -0.3 is 19.1 Å². The number of carbonyl (C=O) groups is 1. The fourth-order valence-corrected chi connectivity index (χ4v) is 6.63. The van der Waals surface area contributed by atoms with Crippen LogP contribution in [0, 0.1) is 0 Å². The second-order valence-corrected chi connectivity index (χ2v) is 11.2. The van der Waals surface area contributed by atoms with Crippen LogP contribution >= 0.6 is 0 Å². The van der Waals surface area contributed by atoms with Gasteiger partial charge >= 0.3 is 5.97 Å². The summed E-state index contributed by atoms with van der Waals surface area (Å²) >= 11 is 0. The molecular formula is C37H29NO4. The molecule has 42 heavy (non-hydrogen) atoms. The summed E-state index contributed by atoms with van der Waals surface area (Å²) in [6.45, 7) is 1.81. The third kappa shape index (κ3) is 3.96. The number of hydrogen-bond acceptors (Lipinski definition) is 5. The van der Waals surface area contributed by atoms with Crippen molar-refractivity contribution in [2.24, 2.45) is 0 Å². The quantitative estimate of drug-likeness (QED) is 0.221. The van der Waals surface area contributed by atoms with Crippen LogP contribution in [-0.2, 0) is 23.3 Å². The number of ether oxygens (including phenoxy) is 3. The van der Waals surface area contributed by atoms with E-state index in [4.69, 9.17) is 14.2 Å². The van der Waals surface area contributed by atoms with E-state index in [2.05, 4.69) is 53.4 Å². The molecule has 0 saturated carbocycles. The van der Waals surface area contributed by atoms with Gasteiger partial charge in [0.05, 0.1) is 12.2 Å². The predicted molar refractivity (Wildman–Crippen MR) is 161 cm³/mol. The van der Waals surface area contributed by atoms with Crippen molar-refractivity contribution in [1.82, 2.24) is 0 Å². The number of nitrogens with zero attached hydrogens (tertiary/aromatic N) is 1. The lowest BCUT2D eigenvalue weighted by atomic mass is 9.78. The second-order valence-electron chi connectivity index (χ2n) is 11.2. The predicted octanol–water partition coefficient (Wildman–Crippen LogP) is 7.22. The molecule has 206 valence electrons. The molecule has 2 unspecified atom stereocenters. The number of benzene rings is 5. The monoisotopic (exact) mass is 551 g/mol. The summed E-state index contributed by atoms with van der Waals surface area (Å²) in [5.41, 5.74) is 6.69. The van der Waals surface area contributed by atoms with E-state index in [1.807, 2.05) is 72.8 Å². The fraction of sp³-hybridized carbons (Fsp3) is 0.162. The summed E-state index contributed by atoms with van der Waals surface area (Å²) in [4.78, 5) is 15.6. The Morgan fingerprint density at radius 1 is 0.690 bits per heavy atom. The molecule has 0 bridgehead atoms. The first kappa shape index (κ1) is 24.7. The van der Waals surface area contributed by atoms with Gasteiger partial charge in [0.25, 0.3) is 0 Å². The largest absolute Gasteiger partial charge is 0.493 e. The molecule has 0 fully saturated rings. The first-order valence-electron chi connectivity index (χ1n) is 14.4. The maximum atomic E-state index is 13.4. The Morgan fingerprint density at radius 2 is 1.36 bits per heavy atom. The van der Waals surface area contributed by atoms with Crippen molar-refractivity contribution in [2.75, 3.05) is 18.2 Å². The third-order valence-electron chi connectivity index (χ3n) is 8.74. The molecule has 5 heteroatoms. The Morgan fingerprint density at radius 3 is 2.14 bits per heavy atom. The molecule has 3 aliphatic rings. The lowest BCUT2D eigenvalue weighted by Crippen LogP contribution is -2.33. The van der Waals surface area contributed by atoms with Crippen LogP contribution in [0.3, 0.4) is 0 Å². The van der Waals surface area contributed by atoms with E-state index in [-0.39, 0.29) is 11.9 Å². The fourth-order valence-electron chi connectivity index (χ4n) is 6.63. The van der Waals surface area contributed by atoms with Crippen LogP contribution in [-0.4, -0.2) is 19.3 Å². The SMILES string of the molecule is O=C1OC(c2ccc3c(c2)CC(c2ccccc2)CO3)(c2ccc3c(c2)CN(c2ccccc2)CO3)c2ccccc21. The van der Waals surface area contributed by atoms with E-state index in [1.165, 1.54) is 5.56 Å². The number of rotatable bonds is 4. The van der Waals surface area contributed by atoms with Gasteiger partial charge in [-0.2, -0.15) is 0 Å². The van der Waals surface area contributed by atoms with Crippen molar-refractivity contribution < 1.29 is 19.0 Å². The van der Waals surface area contributed by atoms with E-state index < -0.39 is 5.60 Å². The van der Waals surface area contributed by atoms with Crippen LogP contribution in [0.1, 0.15) is 49.7 Å². The summed E-state index contributed by atoms with van der Waals surface area (Å²) in [6, 6.07) is 40.9. The van der Waals surface area contributed by atoms with Gasteiger partial charge in [0.1, 0.15) is 11.5 Å². The van der Waals surface area contributed by atoms with Gasteiger partial charge in [0, 0.05) is 40.4 Å². The summed E-state index contributed by atoms with van der Waals surface area (Å²) in [5, 5.41) is 0. The van der Waals surface area contributed by atoms with Crippen LogP contribution in [0.15, 0.2) is 121 Å². The minimum Gasteiger partial charge on any atom is -0.493 e. The molecule has 0 radical (unpaired) electrons. The number of fused-ring (bicyclic) bond motifs is 3. The normalized spacial score (nSPS) is 20.4. The van der Waals surface area contributed by atoms with E-state index in [0.29, 0.717) is 25.4 Å². The molecule has 3 aliphatic heterocycles. The van der Waals surface area contributed by atoms with Crippen molar-refractivity contribution in [3.05, 3.63) is 160 Å². The highest BCUT2D eigenvalue weighted by Gasteiger charge is 2.49. The molecule has 0 N–H and O–H groups in total. The third-order valence-corrected chi connectivity index (χ3v) is 8.74. The van der Waals surface area contributed by atoms with Crippen LogP contribution in [0.5, 0.6) is 11.5 Å². The number of hydrogen-bond donors (Lipinski definition) is 0. The maximum absolute atomic E-state index is 13.4. The first-order chi connectivity index (χ1) is 20.7. The highest BCUT2D eigenvalue weighted by atomic mass is 16.6. The molecular weight excluding hydrogens is 522 g/mol. The average molecular weight is 552 g/mol. The number of esters is 1. The number of cyclic esters (lactones) is 1. The molecule has 3 heterocycles. The Kier molecular flexibility index (Phi) is 5.78. The van der Waals surface area contributed by atoms with E-state index in [1.54, 1.807) is 0 Å². The second kappa shape index (κ2) is 9.81. The first-order valence-corrected chi connectivity index (χ1v) is 14.4. The average Bonchev–Trinajstić information content (AvgIpc) is 3.37. The molecule has 0 aliphatic carbocycles. The van der Waals surface area contributed by atoms with Crippen LogP contribution in [0.2, 0.25) is 0 Å². The molecule has 5 aromatic carbocycles. The van der Waals surface area contributed by atoms with Gasteiger partial charge in [-0.15, -0.1) is 0 Å². The van der Waals surface area contributed by atoms with Crippen molar-refractivity contribution in [3.63, 3.8) is 0 Å².